The van der Waals surface area contributed by atoms with Crippen molar-refractivity contribution in [1.82, 2.24) is 8.87 Å². The van der Waals surface area contributed by atoms with Crippen LogP contribution in [0.25, 0.3) is 11.1 Å². The highest BCUT2D eigenvalue weighted by Gasteiger charge is 2.31. The van der Waals surface area contributed by atoms with Crippen molar-refractivity contribution >= 4 is 21.1 Å². The van der Waals surface area contributed by atoms with Crippen LogP contribution in [0.15, 0.2) is 62.6 Å². The van der Waals surface area contributed by atoms with E-state index in [1.807, 2.05) is 25.1 Å². The molecule has 29 heavy (non-hydrogen) atoms. The Kier molecular flexibility index (Phi) is 5.44. The molecular formula is C20H24N3O5S+. The van der Waals surface area contributed by atoms with Gasteiger partial charge in [0.15, 0.2) is 12.3 Å². The third kappa shape index (κ3) is 3.93. The van der Waals surface area contributed by atoms with Crippen LogP contribution in [0.4, 0.5) is 0 Å². The quantitative estimate of drug-likeness (QED) is 0.632. The van der Waals surface area contributed by atoms with Crippen molar-refractivity contribution in [3.8, 4) is 5.75 Å². The summed E-state index contributed by atoms with van der Waals surface area (Å²) in [5.74, 6) is 0.265. The number of oxazole rings is 1. The second-order valence-corrected chi connectivity index (χ2v) is 8.92. The molecule has 0 unspecified atom stereocenters. The molecule has 0 radical (unpaired) electrons. The molecule has 9 heteroatoms. The lowest BCUT2D eigenvalue weighted by Gasteiger charge is -2.31. The zero-order valence-corrected chi connectivity index (χ0v) is 17.0. The number of nitrogens with zero attached hydrogens (tertiary/aromatic N) is 2. The van der Waals surface area contributed by atoms with Crippen LogP contribution in [0, 0.1) is 0 Å². The van der Waals surface area contributed by atoms with Crippen molar-refractivity contribution < 1.29 is 22.5 Å². The number of aromatic nitrogens is 1. The Labute approximate surface area is 168 Å². The smallest absolute Gasteiger partial charge is 0.424 e. The van der Waals surface area contributed by atoms with Gasteiger partial charge >= 0.3 is 5.76 Å². The Bertz CT molecular complexity index is 1140. The van der Waals surface area contributed by atoms with E-state index in [2.05, 4.69) is 0 Å². The molecule has 4 rings (SSSR count). The number of nitrogens with one attached hydrogen (secondary N) is 1. The molecule has 0 bridgehead atoms. The number of hydrogen-bond donors (Lipinski definition) is 1. The standard InChI is InChI=1S/C20H23N3O5S/c1-2-27-16-7-9-17(10-8-16)29(25,26)22-13-11-21(12-14-22)15-23-18-5-3-4-6-19(18)28-20(23)24/h3-10H,2,11-15H2,1H3/p+1. The Morgan fingerprint density at radius 3 is 2.45 bits per heavy atom. The molecule has 2 aromatic carbocycles. The van der Waals surface area contributed by atoms with Crippen molar-refractivity contribution in [1.29, 1.82) is 0 Å². The first kappa shape index (κ1) is 19.7. The summed E-state index contributed by atoms with van der Waals surface area (Å²) >= 11 is 0. The fourth-order valence-electron chi connectivity index (χ4n) is 3.61. The zero-order valence-electron chi connectivity index (χ0n) is 16.2. The van der Waals surface area contributed by atoms with Crippen LogP contribution in [0.1, 0.15) is 6.92 Å². The average Bonchev–Trinajstić information content (AvgIpc) is 3.04. The van der Waals surface area contributed by atoms with Gasteiger partial charge in [0.1, 0.15) is 5.75 Å². The monoisotopic (exact) mass is 418 g/mol. The van der Waals surface area contributed by atoms with Gasteiger partial charge in [0.2, 0.25) is 10.0 Å². The van der Waals surface area contributed by atoms with Gasteiger partial charge < -0.3 is 14.1 Å². The van der Waals surface area contributed by atoms with E-state index in [4.69, 9.17) is 9.15 Å². The second kappa shape index (κ2) is 8.02. The lowest BCUT2D eigenvalue weighted by atomic mass is 10.3. The number of hydrogen-bond acceptors (Lipinski definition) is 5. The van der Waals surface area contributed by atoms with Gasteiger partial charge in [-0.1, -0.05) is 12.1 Å². The van der Waals surface area contributed by atoms with Crippen molar-refractivity contribution in [3.63, 3.8) is 0 Å². The predicted molar refractivity (Wildman–Crippen MR) is 108 cm³/mol. The minimum absolute atomic E-state index is 0.265. The van der Waals surface area contributed by atoms with Crippen molar-refractivity contribution in [2.75, 3.05) is 32.8 Å². The Morgan fingerprint density at radius 1 is 1.07 bits per heavy atom. The maximum atomic E-state index is 12.9. The Morgan fingerprint density at radius 2 is 1.76 bits per heavy atom. The third-order valence-corrected chi connectivity index (χ3v) is 7.07. The average molecular weight is 418 g/mol. The molecule has 0 saturated carbocycles. The first-order valence-electron chi connectivity index (χ1n) is 9.64. The second-order valence-electron chi connectivity index (χ2n) is 6.98. The molecule has 1 aromatic heterocycles. The van der Waals surface area contributed by atoms with E-state index in [1.54, 1.807) is 34.9 Å². The first-order chi connectivity index (χ1) is 14.0. The van der Waals surface area contributed by atoms with Crippen LogP contribution >= 0.6 is 0 Å². The highest BCUT2D eigenvalue weighted by molar-refractivity contribution is 7.89. The molecule has 2 heterocycles. The highest BCUT2D eigenvalue weighted by atomic mass is 32.2. The summed E-state index contributed by atoms with van der Waals surface area (Å²) < 4.78 is 39.6. The van der Waals surface area contributed by atoms with E-state index in [0.29, 0.717) is 50.8 Å². The summed E-state index contributed by atoms with van der Waals surface area (Å²) in [4.78, 5) is 13.6. The number of para-hydroxylation sites is 2. The van der Waals surface area contributed by atoms with Crippen LogP contribution in [0.5, 0.6) is 5.75 Å². The number of ether oxygens (including phenoxy) is 1. The minimum atomic E-state index is -3.54. The number of sulfonamides is 1. The number of quaternary nitrogens is 1. The van der Waals surface area contributed by atoms with Gasteiger partial charge in [-0.25, -0.2) is 17.8 Å². The van der Waals surface area contributed by atoms with Gasteiger partial charge in [-0.3, -0.25) is 0 Å². The molecule has 0 aliphatic carbocycles. The third-order valence-electron chi connectivity index (χ3n) is 5.16. The summed E-state index contributed by atoms with van der Waals surface area (Å²) in [6.07, 6.45) is 0. The van der Waals surface area contributed by atoms with Crippen molar-refractivity contribution in [2.45, 2.75) is 18.5 Å². The predicted octanol–water partition coefficient (Wildman–Crippen LogP) is 0.540. The topological polar surface area (TPSA) is 86.2 Å². The molecule has 154 valence electrons. The zero-order chi connectivity index (χ0) is 20.4. The van der Waals surface area contributed by atoms with Gasteiger partial charge in [0.25, 0.3) is 0 Å². The van der Waals surface area contributed by atoms with Gasteiger partial charge in [-0.2, -0.15) is 4.31 Å². The molecule has 0 atom stereocenters. The molecule has 8 nitrogen and oxygen atoms in total. The molecule has 1 N–H and O–H groups in total. The van der Waals surface area contributed by atoms with Crippen molar-refractivity contribution in [2.24, 2.45) is 0 Å². The molecule has 1 aliphatic rings. The van der Waals surface area contributed by atoms with E-state index in [0.717, 1.165) is 10.4 Å². The summed E-state index contributed by atoms with van der Waals surface area (Å²) in [6.45, 7) is 4.89. The Hall–Kier alpha value is -2.62. The molecule has 0 spiro atoms. The number of fused-ring (bicyclic) bond motifs is 1. The summed E-state index contributed by atoms with van der Waals surface area (Å²) in [5, 5.41) is 0. The maximum absolute atomic E-state index is 12.9. The number of benzene rings is 2. The van der Waals surface area contributed by atoms with Gasteiger partial charge in [0, 0.05) is 0 Å². The minimum Gasteiger partial charge on any atom is -0.494 e. The Balaban J connectivity index is 1.43. The molecule has 1 aliphatic heterocycles. The van der Waals surface area contributed by atoms with Gasteiger partial charge in [0.05, 0.1) is 43.2 Å². The van der Waals surface area contributed by atoms with Gasteiger partial charge in [-0.15, -0.1) is 0 Å². The fraction of sp³-hybridized carbons (Fsp3) is 0.350. The van der Waals surface area contributed by atoms with Crippen LogP contribution in [0.2, 0.25) is 0 Å². The highest BCUT2D eigenvalue weighted by Crippen LogP contribution is 2.19. The first-order valence-corrected chi connectivity index (χ1v) is 11.1. The molecule has 0 amide bonds. The van der Waals surface area contributed by atoms with Crippen LogP contribution in [-0.2, 0) is 16.7 Å². The van der Waals surface area contributed by atoms with Gasteiger partial charge in [-0.05, 0) is 43.3 Å². The summed E-state index contributed by atoms with van der Waals surface area (Å²) in [7, 11) is -3.54. The fourth-order valence-corrected chi connectivity index (χ4v) is 5.05. The molecule has 1 saturated heterocycles. The molecular weight excluding hydrogens is 394 g/mol. The lowest BCUT2D eigenvalue weighted by Crippen LogP contribution is -3.14. The van der Waals surface area contributed by atoms with Crippen LogP contribution in [0.3, 0.4) is 0 Å². The summed E-state index contributed by atoms with van der Waals surface area (Å²) in [5.41, 5.74) is 1.32. The van der Waals surface area contributed by atoms with Crippen molar-refractivity contribution in [3.05, 3.63) is 59.1 Å². The SMILES string of the molecule is CCOc1ccc(S(=O)(=O)N2CC[NH+](Cn3c(=O)oc4ccccc43)CC2)cc1. The number of piperazine rings is 1. The maximum Gasteiger partial charge on any atom is 0.424 e. The lowest BCUT2D eigenvalue weighted by molar-refractivity contribution is -0.926. The van der Waals surface area contributed by atoms with Crippen LogP contribution in [-0.4, -0.2) is 50.1 Å². The normalized spacial score (nSPS) is 16.3. The molecule has 1 fully saturated rings. The van der Waals surface area contributed by atoms with Crippen LogP contribution < -0.4 is 15.4 Å². The van der Waals surface area contributed by atoms with E-state index in [1.165, 1.54) is 4.31 Å². The van der Waals surface area contributed by atoms with E-state index in [-0.39, 0.29) is 10.7 Å². The number of rotatable bonds is 6. The van der Waals surface area contributed by atoms with E-state index < -0.39 is 10.0 Å². The largest absolute Gasteiger partial charge is 0.494 e. The van der Waals surface area contributed by atoms with E-state index in [9.17, 15) is 13.2 Å². The van der Waals surface area contributed by atoms with E-state index >= 15 is 0 Å². The summed E-state index contributed by atoms with van der Waals surface area (Å²) in [6, 6.07) is 13.8. The molecule has 3 aromatic rings.